The Balaban J connectivity index is 1.36. The summed E-state index contributed by atoms with van der Waals surface area (Å²) in [6.45, 7) is 11.8. The van der Waals surface area contributed by atoms with Gasteiger partial charge in [-0.3, -0.25) is 0 Å². The second-order valence-electron chi connectivity index (χ2n) is 9.98. The predicted molar refractivity (Wildman–Crippen MR) is 139 cm³/mol. The van der Waals surface area contributed by atoms with E-state index in [9.17, 15) is 0 Å². The first-order chi connectivity index (χ1) is 17.4. The molecule has 5 rings (SSSR count). The number of ether oxygens (including phenoxy) is 6. The van der Waals surface area contributed by atoms with Crippen LogP contribution in [0.2, 0.25) is 0 Å². The highest BCUT2D eigenvalue weighted by atomic mass is 16.6. The Morgan fingerprint density at radius 1 is 0.639 bits per heavy atom. The molecule has 0 saturated carbocycles. The van der Waals surface area contributed by atoms with Crippen LogP contribution in [0.4, 0.5) is 11.4 Å². The normalized spacial score (nSPS) is 29.1. The topological polar surface area (TPSA) is 68.5 Å². The van der Waals surface area contributed by atoms with Gasteiger partial charge in [0, 0.05) is 47.7 Å². The minimum Gasteiger partial charge on any atom is -0.493 e. The van der Waals surface area contributed by atoms with Gasteiger partial charge in [-0.2, -0.15) is 0 Å². The van der Waals surface area contributed by atoms with E-state index >= 15 is 0 Å². The zero-order valence-corrected chi connectivity index (χ0v) is 22.1. The molecule has 3 aliphatic heterocycles. The van der Waals surface area contributed by atoms with Crippen molar-refractivity contribution in [2.45, 2.75) is 64.1 Å². The average Bonchev–Trinajstić information content (AvgIpc) is 3.81. The molecule has 0 bridgehead atoms. The first kappa shape index (κ1) is 24.8. The van der Waals surface area contributed by atoms with Crippen LogP contribution >= 0.6 is 0 Å². The van der Waals surface area contributed by atoms with Crippen LogP contribution in [0.25, 0.3) is 0 Å². The first-order valence-electron chi connectivity index (χ1n) is 12.8. The fourth-order valence-electron chi connectivity index (χ4n) is 5.18. The second kappa shape index (κ2) is 10.3. The number of hydrogen-bond donors (Lipinski definition) is 0. The van der Waals surface area contributed by atoms with Gasteiger partial charge in [-0.15, -0.1) is 0 Å². The average molecular weight is 499 g/mol. The third-order valence-electron chi connectivity index (χ3n) is 7.70. The second-order valence-corrected chi connectivity index (χ2v) is 9.98. The number of hydrogen-bond acceptors (Lipinski definition) is 8. The van der Waals surface area contributed by atoms with Crippen molar-refractivity contribution in [3.63, 3.8) is 0 Å². The molecule has 196 valence electrons. The van der Waals surface area contributed by atoms with E-state index < -0.39 is 0 Å². The predicted octanol–water partition coefficient (Wildman–Crippen LogP) is 4.14. The van der Waals surface area contributed by atoms with Gasteiger partial charge in [-0.05, 0) is 52.0 Å². The Labute approximate surface area is 214 Å². The fourth-order valence-corrected chi connectivity index (χ4v) is 5.18. The van der Waals surface area contributed by atoms with Gasteiger partial charge in [0.1, 0.15) is 25.4 Å². The largest absolute Gasteiger partial charge is 0.493 e. The first-order valence-corrected chi connectivity index (χ1v) is 12.8. The Bertz CT molecular complexity index is 957. The third-order valence-corrected chi connectivity index (χ3v) is 7.70. The lowest BCUT2D eigenvalue weighted by Crippen LogP contribution is -2.66. The van der Waals surface area contributed by atoms with Crippen molar-refractivity contribution in [3.05, 3.63) is 36.4 Å². The Morgan fingerprint density at radius 2 is 1.00 bits per heavy atom. The molecule has 3 heterocycles. The van der Waals surface area contributed by atoms with E-state index in [1.807, 2.05) is 12.1 Å². The maximum atomic E-state index is 5.92. The standard InChI is InChI=1S/C28H38N2O6/c1-17-18(2)30(22-8-10-26(28(12-22)32-6)36-16-24-14-34-24)20(4)19(3)29(17)21-7-9-25(27(11-21)31-5)35-15-23-13-33-23/h7-12,17-20,23-24H,13-16H2,1-6H3. The van der Waals surface area contributed by atoms with E-state index in [0.29, 0.717) is 13.2 Å². The molecular formula is C28H38N2O6. The highest BCUT2D eigenvalue weighted by Gasteiger charge is 2.41. The Morgan fingerprint density at radius 3 is 1.31 bits per heavy atom. The molecule has 6 unspecified atom stereocenters. The molecule has 3 aliphatic rings. The smallest absolute Gasteiger partial charge is 0.162 e. The molecule has 3 fully saturated rings. The molecule has 3 saturated heterocycles. The summed E-state index contributed by atoms with van der Waals surface area (Å²) in [7, 11) is 3.38. The van der Waals surface area contributed by atoms with Gasteiger partial charge in [0.2, 0.25) is 0 Å². The van der Waals surface area contributed by atoms with Crippen molar-refractivity contribution in [2.75, 3.05) is 50.4 Å². The van der Waals surface area contributed by atoms with Crippen molar-refractivity contribution in [1.82, 2.24) is 0 Å². The highest BCUT2D eigenvalue weighted by molar-refractivity contribution is 5.63. The van der Waals surface area contributed by atoms with Crippen molar-refractivity contribution in [3.8, 4) is 23.0 Å². The summed E-state index contributed by atoms with van der Waals surface area (Å²) in [6, 6.07) is 13.5. The fraction of sp³-hybridized carbons (Fsp3) is 0.571. The molecule has 0 N–H and O–H groups in total. The highest BCUT2D eigenvalue weighted by Crippen LogP contribution is 2.41. The summed E-state index contributed by atoms with van der Waals surface area (Å²) in [5, 5.41) is 0. The molecule has 0 aromatic heterocycles. The van der Waals surface area contributed by atoms with E-state index in [0.717, 1.165) is 47.6 Å². The molecule has 2 aromatic rings. The molecule has 0 aliphatic carbocycles. The molecule has 8 nitrogen and oxygen atoms in total. The van der Waals surface area contributed by atoms with Crippen LogP contribution in [0, 0.1) is 0 Å². The van der Waals surface area contributed by atoms with E-state index in [2.05, 4.69) is 61.8 Å². The van der Waals surface area contributed by atoms with E-state index in [4.69, 9.17) is 28.4 Å². The van der Waals surface area contributed by atoms with Crippen LogP contribution in [-0.2, 0) is 9.47 Å². The van der Waals surface area contributed by atoms with Gasteiger partial charge in [0.05, 0.1) is 27.4 Å². The molecule has 0 radical (unpaired) electrons. The SMILES string of the molecule is COc1cc(N2C(C)C(C)N(c3ccc(OCC4CO4)c(OC)c3)C(C)C2C)ccc1OCC1CO1. The van der Waals surface area contributed by atoms with Gasteiger partial charge in [0.15, 0.2) is 23.0 Å². The minimum atomic E-state index is 0.204. The van der Waals surface area contributed by atoms with Crippen LogP contribution in [-0.4, -0.2) is 77.0 Å². The Hall–Kier alpha value is -2.84. The summed E-state index contributed by atoms with van der Waals surface area (Å²) in [4.78, 5) is 4.99. The molecular weight excluding hydrogens is 460 g/mol. The maximum Gasteiger partial charge on any atom is 0.162 e. The summed E-state index contributed by atoms with van der Waals surface area (Å²) in [5.41, 5.74) is 2.26. The number of piperazine rings is 1. The van der Waals surface area contributed by atoms with Crippen molar-refractivity contribution >= 4 is 11.4 Å². The zero-order chi connectivity index (χ0) is 25.4. The van der Waals surface area contributed by atoms with Crippen LogP contribution < -0.4 is 28.7 Å². The number of anilines is 2. The number of benzene rings is 2. The quantitative estimate of drug-likeness (QED) is 0.453. The summed E-state index contributed by atoms with van der Waals surface area (Å²) in [5.74, 6) is 2.98. The zero-order valence-electron chi connectivity index (χ0n) is 22.1. The lowest BCUT2D eigenvalue weighted by Gasteiger charge is -2.55. The molecule has 8 heteroatoms. The molecule has 0 amide bonds. The molecule has 0 spiro atoms. The van der Waals surface area contributed by atoms with Crippen LogP contribution in [0.15, 0.2) is 36.4 Å². The number of rotatable bonds is 10. The lowest BCUT2D eigenvalue weighted by molar-refractivity contribution is 0.251. The Kier molecular flexibility index (Phi) is 7.08. The molecule has 2 aromatic carbocycles. The van der Waals surface area contributed by atoms with Crippen LogP contribution in [0.1, 0.15) is 27.7 Å². The third kappa shape index (κ3) is 5.02. The van der Waals surface area contributed by atoms with Crippen molar-refractivity contribution in [2.24, 2.45) is 0 Å². The summed E-state index contributed by atoms with van der Waals surface area (Å²) >= 11 is 0. The van der Waals surface area contributed by atoms with E-state index in [1.54, 1.807) is 14.2 Å². The summed E-state index contributed by atoms with van der Waals surface area (Å²) in [6.07, 6.45) is 0.409. The monoisotopic (exact) mass is 498 g/mol. The minimum absolute atomic E-state index is 0.204. The maximum absolute atomic E-state index is 5.92. The van der Waals surface area contributed by atoms with Gasteiger partial charge in [0.25, 0.3) is 0 Å². The van der Waals surface area contributed by atoms with Gasteiger partial charge >= 0.3 is 0 Å². The number of epoxide rings is 2. The van der Waals surface area contributed by atoms with Gasteiger partial charge in [-0.1, -0.05) is 0 Å². The van der Waals surface area contributed by atoms with Crippen LogP contribution in [0.5, 0.6) is 23.0 Å². The molecule has 36 heavy (non-hydrogen) atoms. The van der Waals surface area contributed by atoms with Gasteiger partial charge < -0.3 is 38.2 Å². The van der Waals surface area contributed by atoms with E-state index in [-0.39, 0.29) is 36.4 Å². The number of methoxy groups -OCH3 is 2. The van der Waals surface area contributed by atoms with Crippen molar-refractivity contribution < 1.29 is 28.4 Å². The van der Waals surface area contributed by atoms with Gasteiger partial charge in [-0.25, -0.2) is 0 Å². The lowest BCUT2D eigenvalue weighted by atomic mass is 9.92. The summed E-state index contributed by atoms with van der Waals surface area (Å²) < 4.78 is 33.7. The number of nitrogens with zero attached hydrogens (tertiary/aromatic N) is 2. The van der Waals surface area contributed by atoms with E-state index in [1.165, 1.54) is 0 Å². The van der Waals surface area contributed by atoms with Crippen LogP contribution in [0.3, 0.4) is 0 Å². The van der Waals surface area contributed by atoms with Crippen molar-refractivity contribution in [1.29, 1.82) is 0 Å². The molecule has 6 atom stereocenters.